The molecule has 0 saturated carbocycles. The number of pyridine rings is 1. The molecule has 1 amide bonds. The molecule has 0 radical (unpaired) electrons. The number of rotatable bonds is 7. The summed E-state index contributed by atoms with van der Waals surface area (Å²) in [4.78, 5) is 33.4. The fraction of sp³-hybridized carbons (Fsp3) is 0.480. The van der Waals surface area contributed by atoms with Gasteiger partial charge in [-0.25, -0.2) is 14.8 Å². The van der Waals surface area contributed by atoms with Crippen molar-refractivity contribution in [1.29, 1.82) is 0 Å². The van der Waals surface area contributed by atoms with Gasteiger partial charge < -0.3 is 14.8 Å². The molecule has 9 nitrogen and oxygen atoms in total. The summed E-state index contributed by atoms with van der Waals surface area (Å²) in [6.07, 6.45) is 3.04. The minimum absolute atomic E-state index is 0.133. The van der Waals surface area contributed by atoms with Gasteiger partial charge >= 0.3 is 6.09 Å². The molecular weight excluding hydrogens is 464 g/mol. The second kappa shape index (κ2) is 9.87. The number of nitrogens with one attached hydrogen (secondary N) is 1. The Balaban J connectivity index is 1.53. The van der Waals surface area contributed by atoms with Crippen molar-refractivity contribution in [1.82, 2.24) is 19.9 Å². The third-order valence-corrected chi connectivity index (χ3v) is 6.74. The third kappa shape index (κ3) is 5.94. The SMILES string of the molecule is Cc1ccc(-c2cnc([C@H](C)Nc3nc(C)cc(N4C(=O)OC[C@@H]4[C@@H](C)OC(C)(C)C)n3)s2)cn1. The number of carbonyl (C=O) groups excluding carboxylic acids is 1. The van der Waals surface area contributed by atoms with Crippen LogP contribution in [0.25, 0.3) is 10.4 Å². The zero-order valence-electron chi connectivity index (χ0n) is 21.2. The second-order valence-corrected chi connectivity index (χ2v) is 10.8. The third-order valence-electron chi connectivity index (χ3n) is 5.51. The highest BCUT2D eigenvalue weighted by atomic mass is 32.1. The van der Waals surface area contributed by atoms with Crippen LogP contribution in [0, 0.1) is 13.8 Å². The molecule has 3 atom stereocenters. The smallest absolute Gasteiger partial charge is 0.416 e. The Kier molecular flexibility index (Phi) is 7.05. The Morgan fingerprint density at radius 3 is 2.60 bits per heavy atom. The fourth-order valence-electron chi connectivity index (χ4n) is 3.91. The standard InChI is InChI=1S/C25H32N6O3S/c1-14-8-9-18(11-26-14)20-12-27-22(35-20)16(3)29-23-28-15(2)10-21(30-23)31-19(13-33-24(31)32)17(4)34-25(5,6)7/h8-12,16-17,19H,13H2,1-7H3,(H,28,29,30)/t16-,17+,19+/m0/s1. The molecule has 1 aliphatic heterocycles. The number of aromatic nitrogens is 4. The average Bonchev–Trinajstić information content (AvgIpc) is 3.40. The van der Waals surface area contributed by atoms with E-state index in [2.05, 4.69) is 25.3 Å². The topological polar surface area (TPSA) is 102 Å². The molecule has 1 saturated heterocycles. The molecule has 1 fully saturated rings. The quantitative estimate of drug-likeness (QED) is 0.469. The fourth-order valence-corrected chi connectivity index (χ4v) is 4.82. The molecule has 0 spiro atoms. The van der Waals surface area contributed by atoms with E-state index in [0.29, 0.717) is 11.8 Å². The van der Waals surface area contributed by atoms with Gasteiger partial charge in [-0.3, -0.25) is 9.88 Å². The minimum Gasteiger partial charge on any atom is -0.447 e. The maximum Gasteiger partial charge on any atom is 0.416 e. The highest BCUT2D eigenvalue weighted by Gasteiger charge is 2.40. The number of cyclic esters (lactones) is 1. The van der Waals surface area contributed by atoms with Crippen molar-refractivity contribution in [3.8, 4) is 10.4 Å². The molecule has 0 bridgehead atoms. The second-order valence-electron chi connectivity index (χ2n) is 9.76. The molecule has 10 heteroatoms. The summed E-state index contributed by atoms with van der Waals surface area (Å²) in [7, 11) is 0. The molecule has 1 N–H and O–H groups in total. The Hall–Kier alpha value is -3.11. The first-order chi connectivity index (χ1) is 16.5. The van der Waals surface area contributed by atoms with Crippen molar-refractivity contribution in [3.05, 3.63) is 47.0 Å². The van der Waals surface area contributed by atoms with Crippen LogP contribution in [-0.4, -0.2) is 50.4 Å². The minimum atomic E-state index is -0.437. The largest absolute Gasteiger partial charge is 0.447 e. The number of hydrogen-bond donors (Lipinski definition) is 1. The van der Waals surface area contributed by atoms with E-state index in [4.69, 9.17) is 9.47 Å². The highest BCUT2D eigenvalue weighted by Crippen LogP contribution is 2.31. The maximum absolute atomic E-state index is 12.6. The highest BCUT2D eigenvalue weighted by molar-refractivity contribution is 7.15. The van der Waals surface area contributed by atoms with Crippen LogP contribution < -0.4 is 10.2 Å². The van der Waals surface area contributed by atoms with Gasteiger partial charge in [0.1, 0.15) is 23.5 Å². The number of amides is 1. The maximum atomic E-state index is 12.6. The van der Waals surface area contributed by atoms with Gasteiger partial charge in [0, 0.05) is 35.4 Å². The van der Waals surface area contributed by atoms with E-state index in [1.54, 1.807) is 22.3 Å². The van der Waals surface area contributed by atoms with Crippen molar-refractivity contribution < 1.29 is 14.3 Å². The molecule has 186 valence electrons. The lowest BCUT2D eigenvalue weighted by molar-refractivity contribution is -0.0618. The van der Waals surface area contributed by atoms with Gasteiger partial charge in [0.2, 0.25) is 5.95 Å². The number of hydrogen-bond acceptors (Lipinski definition) is 9. The van der Waals surface area contributed by atoms with Gasteiger partial charge in [0.05, 0.1) is 22.6 Å². The van der Waals surface area contributed by atoms with Crippen molar-refractivity contribution in [2.45, 2.75) is 72.3 Å². The van der Waals surface area contributed by atoms with Gasteiger partial charge in [0.15, 0.2) is 0 Å². The number of nitrogens with zero attached hydrogens (tertiary/aromatic N) is 5. The number of aryl methyl sites for hydroxylation is 2. The average molecular weight is 497 g/mol. The van der Waals surface area contributed by atoms with E-state index < -0.39 is 6.09 Å². The Morgan fingerprint density at radius 2 is 1.91 bits per heavy atom. The van der Waals surface area contributed by atoms with E-state index in [9.17, 15) is 4.79 Å². The first-order valence-corrected chi connectivity index (χ1v) is 12.5. The Labute approximate surface area is 210 Å². The molecule has 3 aromatic heterocycles. The zero-order chi connectivity index (χ0) is 25.3. The molecule has 35 heavy (non-hydrogen) atoms. The van der Waals surface area contributed by atoms with Crippen molar-refractivity contribution in [2.75, 3.05) is 16.8 Å². The van der Waals surface area contributed by atoms with E-state index in [0.717, 1.165) is 26.8 Å². The van der Waals surface area contributed by atoms with Crippen LogP contribution in [0.5, 0.6) is 0 Å². The lowest BCUT2D eigenvalue weighted by atomic mass is 10.1. The van der Waals surface area contributed by atoms with E-state index in [1.807, 2.05) is 73.0 Å². The summed E-state index contributed by atoms with van der Waals surface area (Å²) in [5.74, 6) is 0.902. The van der Waals surface area contributed by atoms with Gasteiger partial charge in [-0.1, -0.05) is 6.07 Å². The van der Waals surface area contributed by atoms with Crippen LogP contribution in [0.1, 0.15) is 57.1 Å². The number of carbonyl (C=O) groups is 1. The summed E-state index contributed by atoms with van der Waals surface area (Å²) in [5, 5.41) is 4.23. The molecule has 4 heterocycles. The van der Waals surface area contributed by atoms with Gasteiger partial charge in [-0.05, 0) is 54.5 Å². The molecule has 0 unspecified atom stereocenters. The van der Waals surface area contributed by atoms with E-state index in [1.165, 1.54) is 0 Å². The summed E-state index contributed by atoms with van der Waals surface area (Å²) < 4.78 is 11.5. The van der Waals surface area contributed by atoms with Crippen LogP contribution in [-0.2, 0) is 9.47 Å². The lowest BCUT2D eigenvalue weighted by Crippen LogP contribution is -2.45. The molecule has 3 aromatic rings. The van der Waals surface area contributed by atoms with Crippen molar-refractivity contribution in [3.63, 3.8) is 0 Å². The van der Waals surface area contributed by atoms with Gasteiger partial charge in [-0.2, -0.15) is 4.98 Å². The molecule has 0 aromatic carbocycles. The summed E-state index contributed by atoms with van der Waals surface area (Å²) >= 11 is 1.59. The monoisotopic (exact) mass is 496 g/mol. The predicted molar refractivity (Wildman–Crippen MR) is 137 cm³/mol. The predicted octanol–water partition coefficient (Wildman–Crippen LogP) is 5.31. The summed E-state index contributed by atoms with van der Waals surface area (Å²) in [6.45, 7) is 14.0. The first-order valence-electron chi connectivity index (χ1n) is 11.6. The molecule has 1 aliphatic rings. The van der Waals surface area contributed by atoms with Crippen molar-refractivity contribution in [2.24, 2.45) is 0 Å². The van der Waals surface area contributed by atoms with E-state index in [-0.39, 0.29) is 30.4 Å². The first kappa shape index (κ1) is 25.0. The van der Waals surface area contributed by atoms with E-state index >= 15 is 0 Å². The Morgan fingerprint density at radius 1 is 1.14 bits per heavy atom. The number of thiazole rings is 1. The number of anilines is 2. The van der Waals surface area contributed by atoms with Crippen LogP contribution in [0.2, 0.25) is 0 Å². The molecule has 0 aliphatic carbocycles. The van der Waals surface area contributed by atoms with Crippen LogP contribution in [0.15, 0.2) is 30.6 Å². The van der Waals surface area contributed by atoms with Crippen LogP contribution in [0.3, 0.4) is 0 Å². The molecule has 4 rings (SSSR count). The summed E-state index contributed by atoms with van der Waals surface area (Å²) in [5.41, 5.74) is 2.40. The lowest BCUT2D eigenvalue weighted by Gasteiger charge is -2.31. The zero-order valence-corrected chi connectivity index (χ0v) is 22.0. The van der Waals surface area contributed by atoms with Crippen LogP contribution in [0.4, 0.5) is 16.6 Å². The Bertz CT molecular complexity index is 1190. The van der Waals surface area contributed by atoms with Crippen LogP contribution >= 0.6 is 11.3 Å². The summed E-state index contributed by atoms with van der Waals surface area (Å²) in [6, 6.07) is 5.40. The van der Waals surface area contributed by atoms with Gasteiger partial charge in [0.25, 0.3) is 0 Å². The number of ether oxygens (including phenoxy) is 2. The normalized spacial score (nSPS) is 17.9. The van der Waals surface area contributed by atoms with Crippen molar-refractivity contribution >= 4 is 29.2 Å². The molecular formula is C25H32N6O3S. The van der Waals surface area contributed by atoms with Gasteiger partial charge in [-0.15, -0.1) is 11.3 Å².